The van der Waals surface area contributed by atoms with Gasteiger partial charge < -0.3 is 20.1 Å². The summed E-state index contributed by atoms with van der Waals surface area (Å²) in [6.07, 6.45) is 0.854. The van der Waals surface area contributed by atoms with Crippen molar-refractivity contribution in [3.8, 4) is 5.75 Å². The van der Waals surface area contributed by atoms with E-state index in [1.807, 2.05) is 24.3 Å². The van der Waals surface area contributed by atoms with Crippen LogP contribution in [0.5, 0.6) is 5.75 Å². The highest BCUT2D eigenvalue weighted by Crippen LogP contribution is 2.14. The van der Waals surface area contributed by atoms with E-state index in [0.717, 1.165) is 11.3 Å². The molecule has 1 aliphatic heterocycles. The van der Waals surface area contributed by atoms with Crippen molar-refractivity contribution in [3.63, 3.8) is 0 Å². The van der Waals surface area contributed by atoms with Crippen LogP contribution < -0.4 is 10.5 Å². The molecule has 1 saturated heterocycles. The molecular formula is C15H20N2O3S. The standard InChI is InChI=1S/C15H20N2O3S/c1-19-12-5-2-11(3-6-12)4-7-14(18)17-8-9-20-13(10-17)15(16)21/h2-3,5-6,13H,4,7-10H2,1H3,(H2,16,21). The molecule has 1 atom stereocenters. The summed E-state index contributed by atoms with van der Waals surface area (Å²) < 4.78 is 10.5. The molecule has 5 nitrogen and oxygen atoms in total. The van der Waals surface area contributed by atoms with Crippen molar-refractivity contribution in [2.24, 2.45) is 5.73 Å². The quantitative estimate of drug-likeness (QED) is 0.827. The van der Waals surface area contributed by atoms with Gasteiger partial charge >= 0.3 is 0 Å². The largest absolute Gasteiger partial charge is 0.497 e. The van der Waals surface area contributed by atoms with Crippen LogP contribution in [0.3, 0.4) is 0 Å². The second-order valence-electron chi connectivity index (χ2n) is 4.95. The van der Waals surface area contributed by atoms with Crippen LogP contribution in [0.2, 0.25) is 0 Å². The normalized spacial score (nSPS) is 18.3. The number of aryl methyl sites for hydroxylation is 1. The van der Waals surface area contributed by atoms with Gasteiger partial charge in [0.05, 0.1) is 20.3 Å². The molecule has 1 amide bonds. The Balaban J connectivity index is 1.84. The van der Waals surface area contributed by atoms with Crippen LogP contribution >= 0.6 is 12.2 Å². The molecule has 1 aromatic carbocycles. The van der Waals surface area contributed by atoms with Gasteiger partial charge in [-0.2, -0.15) is 0 Å². The fourth-order valence-corrected chi connectivity index (χ4v) is 2.39. The summed E-state index contributed by atoms with van der Waals surface area (Å²) in [6, 6.07) is 7.75. The van der Waals surface area contributed by atoms with Crippen molar-refractivity contribution in [2.45, 2.75) is 18.9 Å². The van der Waals surface area contributed by atoms with Gasteiger partial charge in [-0.3, -0.25) is 4.79 Å². The molecule has 114 valence electrons. The molecule has 2 N–H and O–H groups in total. The molecule has 0 spiro atoms. The van der Waals surface area contributed by atoms with Gasteiger partial charge in [0.1, 0.15) is 16.8 Å². The van der Waals surface area contributed by atoms with Crippen LogP contribution in [0, 0.1) is 0 Å². The Morgan fingerprint density at radius 2 is 2.19 bits per heavy atom. The van der Waals surface area contributed by atoms with E-state index in [1.165, 1.54) is 0 Å². The summed E-state index contributed by atoms with van der Waals surface area (Å²) in [4.78, 5) is 14.3. The molecule has 0 bridgehead atoms. The highest BCUT2D eigenvalue weighted by atomic mass is 32.1. The number of carbonyl (C=O) groups is 1. The summed E-state index contributed by atoms with van der Waals surface area (Å²) in [5, 5.41) is 0. The van der Waals surface area contributed by atoms with E-state index in [0.29, 0.717) is 37.5 Å². The third-order valence-corrected chi connectivity index (χ3v) is 3.79. The van der Waals surface area contributed by atoms with Gasteiger partial charge in [0.15, 0.2) is 0 Å². The summed E-state index contributed by atoms with van der Waals surface area (Å²) in [5.74, 6) is 0.924. The van der Waals surface area contributed by atoms with Crippen LogP contribution in [0.15, 0.2) is 24.3 Å². The van der Waals surface area contributed by atoms with Crippen LogP contribution in [-0.4, -0.2) is 48.7 Å². The first kappa shape index (κ1) is 15.7. The lowest BCUT2D eigenvalue weighted by Crippen LogP contribution is -2.49. The molecular weight excluding hydrogens is 288 g/mol. The number of methoxy groups -OCH3 is 1. The first-order valence-corrected chi connectivity index (χ1v) is 7.32. The van der Waals surface area contributed by atoms with Crippen molar-refractivity contribution >= 4 is 23.1 Å². The van der Waals surface area contributed by atoms with Crippen molar-refractivity contribution in [3.05, 3.63) is 29.8 Å². The number of nitrogens with two attached hydrogens (primary N) is 1. The maximum Gasteiger partial charge on any atom is 0.223 e. The molecule has 1 aromatic rings. The lowest BCUT2D eigenvalue weighted by atomic mass is 10.1. The predicted molar refractivity (Wildman–Crippen MR) is 84.4 cm³/mol. The minimum Gasteiger partial charge on any atom is -0.497 e. The molecule has 0 radical (unpaired) electrons. The average Bonchev–Trinajstić information content (AvgIpc) is 2.53. The first-order chi connectivity index (χ1) is 10.1. The van der Waals surface area contributed by atoms with Crippen LogP contribution in [0.25, 0.3) is 0 Å². The zero-order valence-corrected chi connectivity index (χ0v) is 12.9. The second kappa shape index (κ2) is 7.38. The fraction of sp³-hybridized carbons (Fsp3) is 0.467. The number of thiocarbonyl (C=S) groups is 1. The number of carbonyl (C=O) groups excluding carboxylic acids is 1. The highest BCUT2D eigenvalue weighted by Gasteiger charge is 2.25. The summed E-state index contributed by atoms with van der Waals surface area (Å²) in [6.45, 7) is 1.54. The smallest absolute Gasteiger partial charge is 0.223 e. The SMILES string of the molecule is COc1ccc(CCC(=O)N2CCOC(C(N)=S)C2)cc1. The summed E-state index contributed by atoms with van der Waals surface area (Å²) >= 11 is 4.92. The second-order valence-corrected chi connectivity index (χ2v) is 5.42. The number of amides is 1. The summed E-state index contributed by atoms with van der Waals surface area (Å²) in [5.41, 5.74) is 6.69. The molecule has 1 heterocycles. The number of hydrogen-bond acceptors (Lipinski definition) is 4. The number of ether oxygens (including phenoxy) is 2. The monoisotopic (exact) mass is 308 g/mol. The maximum atomic E-state index is 12.2. The van der Waals surface area contributed by atoms with Gasteiger partial charge in [0, 0.05) is 13.0 Å². The third kappa shape index (κ3) is 4.41. The van der Waals surface area contributed by atoms with Gasteiger partial charge in [-0.05, 0) is 24.1 Å². The zero-order valence-electron chi connectivity index (χ0n) is 12.1. The average molecular weight is 308 g/mol. The van der Waals surface area contributed by atoms with Gasteiger partial charge in [0.2, 0.25) is 5.91 Å². The first-order valence-electron chi connectivity index (χ1n) is 6.92. The van der Waals surface area contributed by atoms with E-state index >= 15 is 0 Å². The zero-order chi connectivity index (χ0) is 15.2. The van der Waals surface area contributed by atoms with E-state index in [9.17, 15) is 4.79 Å². The Bertz CT molecular complexity index is 504. The third-order valence-electron chi connectivity index (χ3n) is 3.52. The van der Waals surface area contributed by atoms with E-state index in [1.54, 1.807) is 12.0 Å². The van der Waals surface area contributed by atoms with Gasteiger partial charge in [-0.1, -0.05) is 24.4 Å². The number of hydrogen-bond donors (Lipinski definition) is 1. The van der Waals surface area contributed by atoms with Crippen molar-refractivity contribution in [1.82, 2.24) is 4.90 Å². The number of morpholine rings is 1. The lowest BCUT2D eigenvalue weighted by molar-refractivity contribution is -0.136. The van der Waals surface area contributed by atoms with Crippen LogP contribution in [0.1, 0.15) is 12.0 Å². The molecule has 2 rings (SSSR count). The van der Waals surface area contributed by atoms with Gasteiger partial charge in [-0.25, -0.2) is 0 Å². The van der Waals surface area contributed by atoms with Crippen molar-refractivity contribution < 1.29 is 14.3 Å². The maximum absolute atomic E-state index is 12.2. The predicted octanol–water partition coefficient (Wildman–Crippen LogP) is 1.14. The van der Waals surface area contributed by atoms with E-state index < -0.39 is 0 Å². The Morgan fingerprint density at radius 1 is 1.48 bits per heavy atom. The Labute approximate surface area is 130 Å². The molecule has 21 heavy (non-hydrogen) atoms. The van der Waals surface area contributed by atoms with E-state index in [4.69, 9.17) is 27.4 Å². The Hall–Kier alpha value is -1.66. The van der Waals surface area contributed by atoms with Gasteiger partial charge in [-0.15, -0.1) is 0 Å². The Morgan fingerprint density at radius 3 is 2.81 bits per heavy atom. The molecule has 1 unspecified atom stereocenters. The Kier molecular flexibility index (Phi) is 5.52. The van der Waals surface area contributed by atoms with Gasteiger partial charge in [0.25, 0.3) is 0 Å². The summed E-state index contributed by atoms with van der Waals surface area (Å²) in [7, 11) is 1.63. The minimum absolute atomic E-state index is 0.107. The van der Waals surface area contributed by atoms with Crippen LogP contribution in [-0.2, 0) is 16.0 Å². The number of benzene rings is 1. The topological polar surface area (TPSA) is 64.8 Å². The fourth-order valence-electron chi connectivity index (χ4n) is 2.25. The van der Waals surface area contributed by atoms with Crippen LogP contribution in [0.4, 0.5) is 0 Å². The molecule has 0 aliphatic carbocycles. The lowest BCUT2D eigenvalue weighted by Gasteiger charge is -2.32. The minimum atomic E-state index is -0.321. The number of nitrogens with zero attached hydrogens (tertiary/aromatic N) is 1. The van der Waals surface area contributed by atoms with E-state index in [-0.39, 0.29) is 12.0 Å². The van der Waals surface area contributed by atoms with Crippen molar-refractivity contribution in [1.29, 1.82) is 0 Å². The molecule has 6 heteroatoms. The highest BCUT2D eigenvalue weighted by molar-refractivity contribution is 7.80. The molecule has 1 fully saturated rings. The van der Waals surface area contributed by atoms with Crippen molar-refractivity contribution in [2.75, 3.05) is 26.8 Å². The van der Waals surface area contributed by atoms with E-state index in [2.05, 4.69) is 0 Å². The molecule has 1 aliphatic rings. The molecule has 0 aromatic heterocycles. The number of rotatable bonds is 5. The molecule has 0 saturated carbocycles.